The van der Waals surface area contributed by atoms with Crippen molar-refractivity contribution >= 4 is 11.5 Å². The van der Waals surface area contributed by atoms with Crippen LogP contribution in [0.3, 0.4) is 0 Å². The Balaban J connectivity index is 1.84. The largest absolute Gasteiger partial charge is 0.370 e. The van der Waals surface area contributed by atoms with Gasteiger partial charge in [0.15, 0.2) is 0 Å². The molecular weight excluding hydrogens is 234 g/mol. The van der Waals surface area contributed by atoms with Gasteiger partial charge in [0.2, 0.25) is 0 Å². The molecule has 2 nitrogen and oxygen atoms in total. The van der Waals surface area contributed by atoms with Crippen LogP contribution in [0.25, 0.3) is 0 Å². The lowest BCUT2D eigenvalue weighted by Gasteiger charge is -2.33. The Morgan fingerprint density at radius 2 is 1.53 bits per heavy atom. The van der Waals surface area contributed by atoms with Gasteiger partial charge in [-0.2, -0.15) is 0 Å². The molecule has 0 radical (unpaired) electrons. The summed E-state index contributed by atoms with van der Waals surface area (Å²) in [5, 5.41) is 0. The summed E-state index contributed by atoms with van der Waals surface area (Å²) >= 11 is 0. The van der Waals surface area contributed by atoms with Gasteiger partial charge in [0.1, 0.15) is 5.78 Å². The molecule has 1 fully saturated rings. The Bertz CT molecular complexity index is 550. The lowest BCUT2D eigenvalue weighted by molar-refractivity contribution is -0.120. The van der Waals surface area contributed by atoms with Crippen LogP contribution >= 0.6 is 0 Å². The van der Waals surface area contributed by atoms with Crippen LogP contribution in [0.2, 0.25) is 0 Å². The molecule has 1 heterocycles. The van der Waals surface area contributed by atoms with Crippen LogP contribution in [-0.4, -0.2) is 18.9 Å². The van der Waals surface area contributed by atoms with E-state index in [0.29, 0.717) is 12.2 Å². The van der Waals surface area contributed by atoms with E-state index in [1.165, 1.54) is 5.69 Å². The van der Waals surface area contributed by atoms with Crippen molar-refractivity contribution in [1.82, 2.24) is 0 Å². The molecule has 0 amide bonds. The highest BCUT2D eigenvalue weighted by molar-refractivity contribution is 5.88. The summed E-state index contributed by atoms with van der Waals surface area (Å²) in [5.41, 5.74) is 2.34. The van der Waals surface area contributed by atoms with E-state index in [9.17, 15) is 4.79 Å². The molecule has 19 heavy (non-hydrogen) atoms. The predicted molar refractivity (Wildman–Crippen MR) is 77.5 cm³/mol. The average molecular weight is 251 g/mol. The molecule has 0 spiro atoms. The van der Waals surface area contributed by atoms with E-state index >= 15 is 0 Å². The number of carbonyl (C=O) groups is 1. The molecule has 2 aromatic rings. The zero-order valence-electron chi connectivity index (χ0n) is 10.8. The van der Waals surface area contributed by atoms with Crippen LogP contribution in [-0.2, 0) is 4.79 Å². The summed E-state index contributed by atoms with van der Waals surface area (Å²) < 4.78 is 0. The van der Waals surface area contributed by atoms with Crippen LogP contribution in [0.1, 0.15) is 17.9 Å². The molecule has 1 aliphatic rings. The van der Waals surface area contributed by atoms with E-state index in [-0.39, 0.29) is 5.92 Å². The van der Waals surface area contributed by atoms with Gasteiger partial charge in [-0.25, -0.2) is 0 Å². The first-order valence-electron chi connectivity index (χ1n) is 6.72. The Kier molecular flexibility index (Phi) is 3.32. The third kappa shape index (κ3) is 2.53. The number of hydrogen-bond acceptors (Lipinski definition) is 2. The molecular formula is C17H17NO. The molecule has 0 saturated carbocycles. The second kappa shape index (κ2) is 5.27. The quantitative estimate of drug-likeness (QED) is 0.816. The Morgan fingerprint density at radius 3 is 2.21 bits per heavy atom. The highest BCUT2D eigenvalue weighted by Gasteiger charge is 2.28. The minimum Gasteiger partial charge on any atom is -0.370 e. The van der Waals surface area contributed by atoms with Crippen molar-refractivity contribution in [2.75, 3.05) is 18.0 Å². The Morgan fingerprint density at radius 1 is 0.895 bits per heavy atom. The van der Waals surface area contributed by atoms with Gasteiger partial charge in [-0.05, 0) is 17.7 Å². The van der Waals surface area contributed by atoms with E-state index < -0.39 is 0 Å². The summed E-state index contributed by atoms with van der Waals surface area (Å²) in [6.45, 7) is 1.61. The maximum absolute atomic E-state index is 12.1. The molecule has 1 atom stereocenters. The second-order valence-electron chi connectivity index (χ2n) is 4.96. The van der Waals surface area contributed by atoms with Gasteiger partial charge in [-0.3, -0.25) is 4.79 Å². The first kappa shape index (κ1) is 12.0. The maximum Gasteiger partial charge on any atom is 0.143 e. The first-order valence-corrected chi connectivity index (χ1v) is 6.72. The van der Waals surface area contributed by atoms with E-state index in [0.717, 1.165) is 18.7 Å². The molecule has 1 saturated heterocycles. The number of para-hydroxylation sites is 1. The van der Waals surface area contributed by atoms with Crippen LogP contribution in [0.15, 0.2) is 60.7 Å². The Hall–Kier alpha value is -2.09. The topological polar surface area (TPSA) is 20.3 Å². The maximum atomic E-state index is 12.1. The minimum atomic E-state index is 0.00940. The number of hydrogen-bond donors (Lipinski definition) is 0. The number of Topliss-reactive ketones (excluding diaryl/α,β-unsaturated/α-hetero) is 1. The lowest BCUT2D eigenvalue weighted by atomic mass is 9.89. The van der Waals surface area contributed by atoms with Crippen molar-refractivity contribution in [1.29, 1.82) is 0 Å². The molecule has 0 aromatic heterocycles. The number of anilines is 1. The predicted octanol–water partition coefficient (Wildman–Crippen LogP) is 3.25. The van der Waals surface area contributed by atoms with Crippen molar-refractivity contribution in [3.63, 3.8) is 0 Å². The van der Waals surface area contributed by atoms with Crippen LogP contribution in [0, 0.1) is 0 Å². The summed E-state index contributed by atoms with van der Waals surface area (Å²) in [6, 6.07) is 20.4. The van der Waals surface area contributed by atoms with Gasteiger partial charge in [-0.1, -0.05) is 48.5 Å². The normalized spacial score (nSPS) is 19.5. The third-order valence-electron chi connectivity index (χ3n) is 3.74. The lowest BCUT2D eigenvalue weighted by Crippen LogP contribution is -2.39. The molecule has 1 unspecified atom stereocenters. The molecule has 0 N–H and O–H groups in total. The monoisotopic (exact) mass is 251 g/mol. The fraction of sp³-hybridized carbons (Fsp3) is 0.235. The molecule has 2 heteroatoms. The van der Waals surface area contributed by atoms with Crippen molar-refractivity contribution in [3.05, 3.63) is 66.2 Å². The summed E-state index contributed by atoms with van der Waals surface area (Å²) in [7, 11) is 0. The van der Waals surface area contributed by atoms with Crippen molar-refractivity contribution in [2.45, 2.75) is 12.3 Å². The highest BCUT2D eigenvalue weighted by atomic mass is 16.1. The molecule has 2 aromatic carbocycles. The van der Waals surface area contributed by atoms with Gasteiger partial charge >= 0.3 is 0 Å². The van der Waals surface area contributed by atoms with E-state index in [1.54, 1.807) is 0 Å². The van der Waals surface area contributed by atoms with Crippen LogP contribution < -0.4 is 4.90 Å². The van der Waals surface area contributed by atoms with Gasteiger partial charge in [0.05, 0.1) is 5.92 Å². The summed E-state index contributed by atoms with van der Waals surface area (Å²) in [4.78, 5) is 14.4. The number of nitrogens with zero attached hydrogens (tertiary/aromatic N) is 1. The number of piperidine rings is 1. The van der Waals surface area contributed by atoms with Crippen LogP contribution in [0.4, 0.5) is 5.69 Å². The number of benzene rings is 2. The van der Waals surface area contributed by atoms with Crippen LogP contribution in [0.5, 0.6) is 0 Å². The standard InChI is InChI=1S/C17H17NO/c19-17-11-12-18(15-9-5-2-6-10-15)13-16(17)14-7-3-1-4-8-14/h1-10,16H,11-13H2. The van der Waals surface area contributed by atoms with Gasteiger partial charge in [0, 0.05) is 25.2 Å². The first-order chi connectivity index (χ1) is 9.34. The van der Waals surface area contributed by atoms with E-state index in [1.807, 2.05) is 36.4 Å². The van der Waals surface area contributed by atoms with Gasteiger partial charge in [-0.15, -0.1) is 0 Å². The third-order valence-corrected chi connectivity index (χ3v) is 3.74. The average Bonchev–Trinajstić information content (AvgIpc) is 2.49. The van der Waals surface area contributed by atoms with Gasteiger partial charge < -0.3 is 4.90 Å². The summed E-state index contributed by atoms with van der Waals surface area (Å²) in [6.07, 6.45) is 0.633. The van der Waals surface area contributed by atoms with Crippen molar-refractivity contribution < 1.29 is 4.79 Å². The second-order valence-corrected chi connectivity index (χ2v) is 4.96. The molecule has 96 valence electrons. The zero-order chi connectivity index (χ0) is 13.1. The molecule has 0 bridgehead atoms. The number of ketones is 1. The van der Waals surface area contributed by atoms with Crippen molar-refractivity contribution in [3.8, 4) is 0 Å². The highest BCUT2D eigenvalue weighted by Crippen LogP contribution is 2.27. The zero-order valence-corrected chi connectivity index (χ0v) is 10.8. The molecule has 1 aliphatic heterocycles. The van der Waals surface area contributed by atoms with E-state index in [4.69, 9.17) is 0 Å². The number of rotatable bonds is 2. The molecule has 3 rings (SSSR count). The SMILES string of the molecule is O=C1CCN(c2ccccc2)CC1c1ccccc1. The minimum absolute atomic E-state index is 0.00940. The number of carbonyl (C=O) groups excluding carboxylic acids is 1. The Labute approximate surface area is 113 Å². The fourth-order valence-electron chi connectivity index (χ4n) is 2.68. The molecule has 0 aliphatic carbocycles. The van der Waals surface area contributed by atoms with E-state index in [2.05, 4.69) is 29.2 Å². The van der Waals surface area contributed by atoms with Gasteiger partial charge in [0.25, 0.3) is 0 Å². The fourth-order valence-corrected chi connectivity index (χ4v) is 2.68. The summed E-state index contributed by atoms with van der Waals surface area (Å²) in [5.74, 6) is 0.369. The van der Waals surface area contributed by atoms with Crippen molar-refractivity contribution in [2.24, 2.45) is 0 Å². The smallest absolute Gasteiger partial charge is 0.143 e.